The molecule has 0 radical (unpaired) electrons. The lowest BCUT2D eigenvalue weighted by molar-refractivity contribution is -0.163. The van der Waals surface area contributed by atoms with Crippen molar-refractivity contribution in [3.05, 3.63) is 35.4 Å². The van der Waals surface area contributed by atoms with Crippen LogP contribution in [-0.2, 0) is 30.3 Å². The first kappa shape index (κ1) is 16.7. The summed E-state index contributed by atoms with van der Waals surface area (Å²) in [5, 5.41) is 9.12. The summed E-state index contributed by atoms with van der Waals surface area (Å²) in [7, 11) is 1.32. The summed E-state index contributed by atoms with van der Waals surface area (Å²) in [6.07, 6.45) is -0.941. The lowest BCUT2D eigenvalue weighted by Crippen LogP contribution is -2.18. The zero-order valence-electron chi connectivity index (χ0n) is 12.2. The van der Waals surface area contributed by atoms with E-state index in [0.717, 1.165) is 12.5 Å². The maximum atomic E-state index is 11.4. The number of ether oxygens (including phenoxy) is 2. The topological polar surface area (TPSA) is 89.9 Å². The van der Waals surface area contributed by atoms with Crippen molar-refractivity contribution in [1.82, 2.24) is 0 Å². The predicted octanol–water partition coefficient (Wildman–Crippen LogP) is 1.73. The zero-order valence-corrected chi connectivity index (χ0v) is 12.2. The molecule has 0 fully saturated rings. The van der Waals surface area contributed by atoms with Crippen molar-refractivity contribution < 1.29 is 29.0 Å². The van der Waals surface area contributed by atoms with E-state index in [2.05, 4.69) is 4.74 Å². The number of benzene rings is 1. The second kappa shape index (κ2) is 7.42. The van der Waals surface area contributed by atoms with Gasteiger partial charge in [-0.25, -0.2) is 4.79 Å². The molecule has 21 heavy (non-hydrogen) atoms. The molecule has 6 heteroatoms. The summed E-state index contributed by atoms with van der Waals surface area (Å²) in [5.74, 6) is -2.60. The fraction of sp³-hybridized carbons (Fsp3) is 0.400. The highest BCUT2D eigenvalue weighted by Gasteiger charge is 2.23. The first-order chi connectivity index (χ1) is 9.85. The van der Waals surface area contributed by atoms with Crippen LogP contribution in [0.25, 0.3) is 0 Å². The minimum absolute atomic E-state index is 0.338. The summed E-state index contributed by atoms with van der Waals surface area (Å²) in [5.41, 5.74) is 1.12. The third kappa shape index (κ3) is 4.91. The van der Waals surface area contributed by atoms with Crippen molar-refractivity contribution in [2.45, 2.75) is 26.4 Å². The van der Waals surface area contributed by atoms with E-state index in [1.54, 1.807) is 31.2 Å². The maximum absolute atomic E-state index is 11.4. The Labute approximate surface area is 122 Å². The molecule has 0 amide bonds. The second-order valence-electron chi connectivity index (χ2n) is 4.70. The van der Waals surface area contributed by atoms with Gasteiger partial charge in [0, 0.05) is 12.5 Å². The van der Waals surface area contributed by atoms with Gasteiger partial charge in [0.05, 0.1) is 13.0 Å². The van der Waals surface area contributed by atoms with Gasteiger partial charge in [-0.3, -0.25) is 9.59 Å². The Morgan fingerprint density at radius 2 is 1.95 bits per heavy atom. The highest BCUT2D eigenvalue weighted by molar-refractivity contribution is 5.78. The van der Waals surface area contributed by atoms with E-state index < -0.39 is 18.0 Å². The normalized spacial score (nSPS) is 13.1. The van der Waals surface area contributed by atoms with E-state index in [4.69, 9.17) is 9.84 Å². The predicted molar refractivity (Wildman–Crippen MR) is 73.5 cm³/mol. The van der Waals surface area contributed by atoms with Crippen LogP contribution in [0, 0.1) is 5.92 Å². The van der Waals surface area contributed by atoms with E-state index in [0.29, 0.717) is 12.0 Å². The standard InChI is InChI=1S/C15H18O6/c1-9(15(19)20-3)7-11-5-4-6-12(8-11)13(14(17)18)21-10(2)16/h4-6,8-9,13H,7H2,1-3H3,(H,17,18)/t9-,13?/m1/s1. The van der Waals surface area contributed by atoms with Crippen LogP contribution < -0.4 is 0 Å². The Morgan fingerprint density at radius 3 is 2.48 bits per heavy atom. The molecule has 1 unspecified atom stereocenters. The van der Waals surface area contributed by atoms with E-state index >= 15 is 0 Å². The van der Waals surface area contributed by atoms with Gasteiger partial charge in [0.25, 0.3) is 0 Å². The fourth-order valence-electron chi connectivity index (χ4n) is 1.95. The number of aliphatic carboxylic acids is 1. The highest BCUT2D eigenvalue weighted by Crippen LogP contribution is 2.21. The lowest BCUT2D eigenvalue weighted by Gasteiger charge is -2.15. The van der Waals surface area contributed by atoms with Crippen molar-refractivity contribution in [2.24, 2.45) is 5.92 Å². The van der Waals surface area contributed by atoms with Crippen LogP contribution in [0.4, 0.5) is 0 Å². The number of hydrogen-bond acceptors (Lipinski definition) is 5. The molecule has 1 aromatic carbocycles. The number of carboxylic acids is 1. The molecule has 0 aromatic heterocycles. The van der Waals surface area contributed by atoms with Gasteiger partial charge in [0.2, 0.25) is 6.10 Å². The van der Waals surface area contributed by atoms with Crippen molar-refractivity contribution >= 4 is 17.9 Å². The molecule has 2 atom stereocenters. The SMILES string of the molecule is COC(=O)[C@H](C)Cc1cccc(C(OC(C)=O)C(=O)O)c1. The number of methoxy groups -OCH3 is 1. The third-order valence-electron chi connectivity index (χ3n) is 2.91. The minimum Gasteiger partial charge on any atom is -0.478 e. The number of rotatable bonds is 6. The number of hydrogen-bond donors (Lipinski definition) is 1. The van der Waals surface area contributed by atoms with E-state index in [1.807, 2.05) is 0 Å². The third-order valence-corrected chi connectivity index (χ3v) is 2.91. The molecular formula is C15H18O6. The quantitative estimate of drug-likeness (QED) is 0.803. The Balaban J connectivity index is 2.95. The van der Waals surface area contributed by atoms with Crippen LogP contribution in [0.2, 0.25) is 0 Å². The highest BCUT2D eigenvalue weighted by atomic mass is 16.6. The first-order valence-corrected chi connectivity index (χ1v) is 6.41. The molecular weight excluding hydrogens is 276 g/mol. The molecule has 0 bridgehead atoms. The Morgan fingerprint density at radius 1 is 1.29 bits per heavy atom. The number of carboxylic acid groups (broad SMARTS) is 1. The average molecular weight is 294 g/mol. The minimum atomic E-state index is -1.35. The maximum Gasteiger partial charge on any atom is 0.349 e. The summed E-state index contributed by atoms with van der Waals surface area (Å²) >= 11 is 0. The van der Waals surface area contributed by atoms with Crippen LogP contribution in [0.3, 0.4) is 0 Å². The number of carbonyl (C=O) groups is 3. The largest absolute Gasteiger partial charge is 0.478 e. The molecule has 1 N–H and O–H groups in total. The van der Waals surface area contributed by atoms with Crippen molar-refractivity contribution in [2.75, 3.05) is 7.11 Å². The zero-order chi connectivity index (χ0) is 16.0. The van der Waals surface area contributed by atoms with Gasteiger partial charge in [-0.2, -0.15) is 0 Å². The van der Waals surface area contributed by atoms with Crippen LogP contribution in [0.15, 0.2) is 24.3 Å². The van der Waals surface area contributed by atoms with Crippen LogP contribution in [-0.4, -0.2) is 30.1 Å². The molecule has 1 rings (SSSR count). The molecule has 114 valence electrons. The Kier molecular flexibility index (Phi) is 5.90. The smallest absolute Gasteiger partial charge is 0.349 e. The summed E-state index contributed by atoms with van der Waals surface area (Å²) in [6.45, 7) is 2.87. The monoisotopic (exact) mass is 294 g/mol. The van der Waals surface area contributed by atoms with Crippen LogP contribution >= 0.6 is 0 Å². The van der Waals surface area contributed by atoms with E-state index in [1.165, 1.54) is 7.11 Å². The number of carbonyl (C=O) groups excluding carboxylic acids is 2. The molecule has 0 aliphatic rings. The van der Waals surface area contributed by atoms with Gasteiger partial charge in [-0.1, -0.05) is 31.2 Å². The summed E-state index contributed by atoms with van der Waals surface area (Å²) < 4.78 is 9.45. The summed E-state index contributed by atoms with van der Waals surface area (Å²) in [4.78, 5) is 33.6. The van der Waals surface area contributed by atoms with Gasteiger partial charge >= 0.3 is 17.9 Å². The molecule has 0 aliphatic carbocycles. The van der Waals surface area contributed by atoms with Gasteiger partial charge in [-0.15, -0.1) is 0 Å². The van der Waals surface area contributed by atoms with Crippen molar-refractivity contribution in [3.63, 3.8) is 0 Å². The van der Waals surface area contributed by atoms with Gasteiger partial charge < -0.3 is 14.6 Å². The molecule has 1 aromatic rings. The Bertz CT molecular complexity index is 537. The molecule has 0 heterocycles. The fourth-order valence-corrected chi connectivity index (χ4v) is 1.95. The number of esters is 2. The molecule has 0 spiro atoms. The van der Waals surface area contributed by atoms with E-state index in [9.17, 15) is 14.4 Å². The second-order valence-corrected chi connectivity index (χ2v) is 4.70. The van der Waals surface area contributed by atoms with Crippen LogP contribution in [0.5, 0.6) is 0 Å². The Hall–Kier alpha value is -2.37. The van der Waals surface area contributed by atoms with Crippen molar-refractivity contribution in [1.29, 1.82) is 0 Å². The molecule has 0 aliphatic heterocycles. The summed E-state index contributed by atoms with van der Waals surface area (Å²) in [6, 6.07) is 6.61. The lowest BCUT2D eigenvalue weighted by atomic mass is 9.98. The van der Waals surface area contributed by atoms with Gasteiger partial charge in [-0.05, 0) is 12.0 Å². The van der Waals surface area contributed by atoms with Gasteiger partial charge in [0.15, 0.2) is 0 Å². The van der Waals surface area contributed by atoms with Crippen LogP contribution in [0.1, 0.15) is 31.1 Å². The average Bonchev–Trinajstić information content (AvgIpc) is 2.43. The first-order valence-electron chi connectivity index (χ1n) is 6.41. The molecule has 0 saturated carbocycles. The molecule has 0 saturated heterocycles. The van der Waals surface area contributed by atoms with Gasteiger partial charge in [0.1, 0.15) is 0 Å². The van der Waals surface area contributed by atoms with E-state index in [-0.39, 0.29) is 11.9 Å². The van der Waals surface area contributed by atoms with Crippen molar-refractivity contribution in [3.8, 4) is 0 Å². The molecule has 6 nitrogen and oxygen atoms in total.